The third-order valence-corrected chi connectivity index (χ3v) is 4.10. The van der Waals surface area contributed by atoms with Crippen LogP contribution in [-0.2, 0) is 0 Å². The lowest BCUT2D eigenvalue weighted by atomic mass is 10.2. The molecule has 2 rings (SSSR count). The minimum absolute atomic E-state index is 0.152. The number of nitrogens with one attached hydrogen (secondary N) is 2. The maximum atomic E-state index is 12.3. The molecule has 0 spiro atoms. The van der Waals surface area contributed by atoms with Crippen molar-refractivity contribution in [3.63, 3.8) is 0 Å². The molecule has 0 aliphatic carbocycles. The van der Waals surface area contributed by atoms with Crippen LogP contribution >= 0.6 is 39.7 Å². The zero-order valence-corrected chi connectivity index (χ0v) is 16.0. The number of ether oxygens (including phenoxy) is 2. The average Bonchev–Trinajstić information content (AvgIpc) is 2.54. The van der Waals surface area contributed by atoms with E-state index in [-0.39, 0.29) is 5.11 Å². The number of carbonyl (C=O) groups is 1. The van der Waals surface area contributed by atoms with Crippen molar-refractivity contribution >= 4 is 56.5 Å². The van der Waals surface area contributed by atoms with Gasteiger partial charge in [0.2, 0.25) is 0 Å². The Labute approximate surface area is 158 Å². The Kier molecular flexibility index (Phi) is 6.42. The van der Waals surface area contributed by atoms with Gasteiger partial charge >= 0.3 is 0 Å². The first-order valence-electron chi connectivity index (χ1n) is 6.74. The molecule has 0 bridgehead atoms. The second kappa shape index (κ2) is 8.32. The second-order valence-corrected chi connectivity index (χ2v) is 6.30. The summed E-state index contributed by atoms with van der Waals surface area (Å²) in [5.74, 6) is 0.686. The molecule has 8 heteroatoms. The summed E-state index contributed by atoms with van der Waals surface area (Å²) in [7, 11) is 3.06. The van der Waals surface area contributed by atoms with Gasteiger partial charge in [-0.15, -0.1) is 0 Å². The molecule has 2 aromatic carbocycles. The van der Waals surface area contributed by atoms with E-state index in [1.807, 2.05) is 0 Å². The number of rotatable bonds is 4. The number of thiocarbonyl (C=S) groups is 1. The molecule has 2 aromatic rings. The van der Waals surface area contributed by atoms with Gasteiger partial charge in [-0.3, -0.25) is 10.1 Å². The lowest BCUT2D eigenvalue weighted by molar-refractivity contribution is 0.0975. The van der Waals surface area contributed by atoms with Crippen LogP contribution in [0.15, 0.2) is 40.9 Å². The standard InChI is InChI=1S/C16H14BrClN2O3S/c1-22-13-5-3-9(18)7-11(13)15(21)20-16(24)19-10-4-6-14(23-2)12(17)8-10/h3-8H,1-2H3,(H2,19,20,21,24). The zero-order valence-electron chi connectivity index (χ0n) is 12.9. The van der Waals surface area contributed by atoms with Gasteiger partial charge in [0.1, 0.15) is 11.5 Å². The summed E-state index contributed by atoms with van der Waals surface area (Å²) < 4.78 is 11.1. The number of amides is 1. The summed E-state index contributed by atoms with van der Waals surface area (Å²) in [5, 5.41) is 6.10. The van der Waals surface area contributed by atoms with Crippen LogP contribution in [-0.4, -0.2) is 25.2 Å². The van der Waals surface area contributed by atoms with Crippen molar-refractivity contribution in [1.82, 2.24) is 5.32 Å². The second-order valence-electron chi connectivity index (χ2n) is 4.60. The molecule has 126 valence electrons. The van der Waals surface area contributed by atoms with Gasteiger partial charge in [-0.05, 0) is 64.5 Å². The van der Waals surface area contributed by atoms with Crippen LogP contribution < -0.4 is 20.1 Å². The number of hydrogen-bond donors (Lipinski definition) is 2. The fourth-order valence-corrected chi connectivity index (χ4v) is 2.86. The van der Waals surface area contributed by atoms with Gasteiger partial charge < -0.3 is 14.8 Å². The van der Waals surface area contributed by atoms with Crippen LogP contribution in [0, 0.1) is 0 Å². The van der Waals surface area contributed by atoms with Gasteiger partial charge in [-0.25, -0.2) is 0 Å². The average molecular weight is 430 g/mol. The third kappa shape index (κ3) is 4.59. The Morgan fingerprint density at radius 1 is 1.12 bits per heavy atom. The smallest absolute Gasteiger partial charge is 0.261 e. The van der Waals surface area contributed by atoms with Crippen molar-refractivity contribution in [2.24, 2.45) is 0 Å². The number of hydrogen-bond acceptors (Lipinski definition) is 4. The molecule has 0 heterocycles. The van der Waals surface area contributed by atoms with Crippen LogP contribution in [0.2, 0.25) is 5.02 Å². The number of anilines is 1. The van der Waals surface area contributed by atoms with Gasteiger partial charge in [0, 0.05) is 10.7 Å². The first kappa shape index (κ1) is 18.5. The molecule has 0 aliphatic heterocycles. The van der Waals surface area contributed by atoms with Crippen molar-refractivity contribution < 1.29 is 14.3 Å². The maximum absolute atomic E-state index is 12.3. The van der Waals surface area contributed by atoms with E-state index in [1.54, 1.807) is 37.4 Å². The highest BCUT2D eigenvalue weighted by Crippen LogP contribution is 2.27. The Balaban J connectivity index is 2.08. The Morgan fingerprint density at radius 3 is 2.42 bits per heavy atom. The first-order chi connectivity index (χ1) is 11.4. The maximum Gasteiger partial charge on any atom is 0.261 e. The number of benzene rings is 2. The summed E-state index contributed by atoms with van der Waals surface area (Å²) in [6.45, 7) is 0. The molecule has 0 saturated carbocycles. The van der Waals surface area contributed by atoms with Crippen molar-refractivity contribution in [2.75, 3.05) is 19.5 Å². The van der Waals surface area contributed by atoms with E-state index in [4.69, 9.17) is 33.3 Å². The summed E-state index contributed by atoms with van der Waals surface area (Å²) in [6.07, 6.45) is 0. The molecule has 1 amide bonds. The largest absolute Gasteiger partial charge is 0.496 e. The van der Waals surface area contributed by atoms with Crippen molar-refractivity contribution in [1.29, 1.82) is 0 Å². The van der Waals surface area contributed by atoms with Crippen LogP contribution in [0.25, 0.3) is 0 Å². The van der Waals surface area contributed by atoms with Gasteiger partial charge in [0.05, 0.1) is 24.3 Å². The van der Waals surface area contributed by atoms with E-state index in [2.05, 4.69) is 26.6 Å². The minimum atomic E-state index is -0.417. The highest BCUT2D eigenvalue weighted by molar-refractivity contribution is 9.10. The van der Waals surface area contributed by atoms with Crippen LogP contribution in [0.5, 0.6) is 11.5 Å². The summed E-state index contributed by atoms with van der Waals surface area (Å²) in [5.41, 5.74) is 0.996. The molecule has 0 fully saturated rings. The normalized spacial score (nSPS) is 10.0. The number of methoxy groups -OCH3 is 2. The zero-order chi connectivity index (χ0) is 17.7. The van der Waals surface area contributed by atoms with Crippen LogP contribution in [0.3, 0.4) is 0 Å². The minimum Gasteiger partial charge on any atom is -0.496 e. The van der Waals surface area contributed by atoms with Crippen LogP contribution in [0.1, 0.15) is 10.4 Å². The molecule has 5 nitrogen and oxygen atoms in total. The summed E-state index contributed by atoms with van der Waals surface area (Å²) in [6, 6.07) is 10.1. The van der Waals surface area contributed by atoms with Gasteiger partial charge in [-0.1, -0.05) is 11.6 Å². The predicted molar refractivity (Wildman–Crippen MR) is 102 cm³/mol. The van der Waals surface area contributed by atoms with Gasteiger partial charge in [0.25, 0.3) is 5.91 Å². The Hall–Kier alpha value is -1.83. The fraction of sp³-hybridized carbons (Fsp3) is 0.125. The van der Waals surface area contributed by atoms with E-state index in [1.165, 1.54) is 13.2 Å². The molecular weight excluding hydrogens is 416 g/mol. The van der Waals surface area contributed by atoms with Crippen LogP contribution in [0.4, 0.5) is 5.69 Å². The fourth-order valence-electron chi connectivity index (χ4n) is 1.93. The molecule has 2 N–H and O–H groups in total. The summed E-state index contributed by atoms with van der Waals surface area (Å²) in [4.78, 5) is 12.3. The van der Waals surface area contributed by atoms with E-state index in [9.17, 15) is 4.79 Å². The Bertz CT molecular complexity index is 786. The highest BCUT2D eigenvalue weighted by Gasteiger charge is 2.14. The first-order valence-corrected chi connectivity index (χ1v) is 8.32. The SMILES string of the molecule is COc1ccc(NC(=S)NC(=O)c2cc(Cl)ccc2OC)cc1Br. The molecule has 0 saturated heterocycles. The van der Waals surface area contributed by atoms with Gasteiger partial charge in [0.15, 0.2) is 5.11 Å². The third-order valence-electron chi connectivity index (χ3n) is 3.04. The molecule has 24 heavy (non-hydrogen) atoms. The lowest BCUT2D eigenvalue weighted by Crippen LogP contribution is -2.34. The highest BCUT2D eigenvalue weighted by atomic mass is 79.9. The molecule has 0 aromatic heterocycles. The molecule has 0 aliphatic rings. The Morgan fingerprint density at radius 2 is 1.79 bits per heavy atom. The van der Waals surface area contributed by atoms with E-state index >= 15 is 0 Å². The van der Waals surface area contributed by atoms with Gasteiger partial charge in [-0.2, -0.15) is 0 Å². The summed E-state index contributed by atoms with van der Waals surface area (Å²) >= 11 is 14.5. The van der Waals surface area contributed by atoms with Crippen molar-refractivity contribution in [3.05, 3.63) is 51.5 Å². The van der Waals surface area contributed by atoms with Crippen molar-refractivity contribution in [2.45, 2.75) is 0 Å². The number of halogens is 2. The topological polar surface area (TPSA) is 59.6 Å². The predicted octanol–water partition coefficient (Wildman–Crippen LogP) is 4.25. The molecule has 0 atom stereocenters. The van der Waals surface area contributed by atoms with E-state index < -0.39 is 5.91 Å². The van der Waals surface area contributed by atoms with E-state index in [0.717, 1.165) is 4.47 Å². The number of carbonyl (C=O) groups excluding carboxylic acids is 1. The monoisotopic (exact) mass is 428 g/mol. The molecule has 0 unspecified atom stereocenters. The lowest BCUT2D eigenvalue weighted by Gasteiger charge is -2.13. The molecule has 0 radical (unpaired) electrons. The van der Waals surface area contributed by atoms with Crippen molar-refractivity contribution in [3.8, 4) is 11.5 Å². The van der Waals surface area contributed by atoms with E-state index in [0.29, 0.717) is 27.8 Å². The quantitative estimate of drug-likeness (QED) is 0.712. The molecular formula is C16H14BrClN2O3S.